The molecule has 0 spiro atoms. The minimum absolute atomic E-state index is 0.00781. The van der Waals surface area contributed by atoms with Crippen molar-refractivity contribution in [2.75, 3.05) is 11.5 Å². The van der Waals surface area contributed by atoms with Crippen molar-refractivity contribution < 1.29 is 24.2 Å². The van der Waals surface area contributed by atoms with Gasteiger partial charge >= 0.3 is 5.91 Å². The molecule has 8 heteroatoms. The predicted octanol–water partition coefficient (Wildman–Crippen LogP) is 6.84. The van der Waals surface area contributed by atoms with E-state index in [-0.39, 0.29) is 11.3 Å². The van der Waals surface area contributed by atoms with Gasteiger partial charge in [-0.2, -0.15) is 0 Å². The number of ketones is 1. The number of benzene rings is 3. The zero-order valence-electron chi connectivity index (χ0n) is 22.4. The average molecular weight is 555 g/mol. The first-order valence-corrected chi connectivity index (χ1v) is 14.1. The second-order valence-corrected chi connectivity index (χ2v) is 10.4. The van der Waals surface area contributed by atoms with E-state index in [4.69, 9.17) is 9.47 Å². The first kappa shape index (κ1) is 27.1. The largest absolute Gasteiger partial charge is 0.507 e. The third kappa shape index (κ3) is 5.62. The van der Waals surface area contributed by atoms with Gasteiger partial charge in [0.2, 0.25) is 0 Å². The Labute approximate surface area is 237 Å². The number of nitrogens with zero attached hydrogens (tertiary/aromatic N) is 2. The molecule has 4 aromatic rings. The number of carbonyl (C=O) groups is 2. The van der Waals surface area contributed by atoms with Gasteiger partial charge in [-0.3, -0.25) is 14.5 Å². The zero-order chi connectivity index (χ0) is 28.1. The molecule has 0 radical (unpaired) electrons. The highest BCUT2D eigenvalue weighted by Crippen LogP contribution is 2.43. The van der Waals surface area contributed by atoms with E-state index in [0.717, 1.165) is 24.0 Å². The van der Waals surface area contributed by atoms with E-state index < -0.39 is 17.7 Å². The number of aliphatic hydroxyl groups excluding tert-OH is 1. The first-order chi connectivity index (χ1) is 19.5. The number of amides is 1. The number of anilines is 1. The van der Waals surface area contributed by atoms with Crippen LogP contribution in [0.3, 0.4) is 0 Å². The normalized spacial score (nSPS) is 16.4. The molecule has 0 saturated carbocycles. The number of hydrogen-bond acceptors (Lipinski definition) is 7. The van der Waals surface area contributed by atoms with Gasteiger partial charge in [0.05, 0.1) is 18.2 Å². The van der Waals surface area contributed by atoms with Crippen LogP contribution in [0.15, 0.2) is 89.9 Å². The summed E-state index contributed by atoms with van der Waals surface area (Å²) in [6.45, 7) is 5.15. The maximum Gasteiger partial charge on any atom is 0.301 e. The van der Waals surface area contributed by atoms with E-state index in [9.17, 15) is 14.7 Å². The van der Waals surface area contributed by atoms with Crippen molar-refractivity contribution >= 4 is 33.9 Å². The Morgan fingerprint density at radius 2 is 1.68 bits per heavy atom. The minimum Gasteiger partial charge on any atom is -0.507 e. The number of ether oxygens (including phenoxy) is 2. The average Bonchev–Trinajstić information content (AvgIpc) is 3.59. The van der Waals surface area contributed by atoms with E-state index in [1.165, 1.54) is 16.2 Å². The van der Waals surface area contributed by atoms with Crippen molar-refractivity contribution in [3.05, 3.63) is 112 Å². The summed E-state index contributed by atoms with van der Waals surface area (Å²) in [5.41, 5.74) is 3.30. The van der Waals surface area contributed by atoms with Crippen molar-refractivity contribution in [1.82, 2.24) is 4.98 Å². The summed E-state index contributed by atoms with van der Waals surface area (Å²) >= 11 is 1.25. The molecule has 1 atom stereocenters. The molecular weight excluding hydrogens is 524 g/mol. The molecule has 40 heavy (non-hydrogen) atoms. The summed E-state index contributed by atoms with van der Waals surface area (Å²) in [6, 6.07) is 21.3. The molecule has 0 aliphatic carbocycles. The number of Topliss-reactive ketones (excluding diaryl/α,β-unsaturated/α-hetero) is 1. The Balaban J connectivity index is 1.46. The lowest BCUT2D eigenvalue weighted by molar-refractivity contribution is -0.132. The summed E-state index contributed by atoms with van der Waals surface area (Å²) in [4.78, 5) is 32.2. The Morgan fingerprint density at radius 3 is 2.35 bits per heavy atom. The molecule has 1 fully saturated rings. The highest BCUT2D eigenvalue weighted by Gasteiger charge is 2.48. The van der Waals surface area contributed by atoms with E-state index in [1.807, 2.05) is 55.5 Å². The number of aryl methyl sites for hydroxylation is 1. The van der Waals surface area contributed by atoms with Crippen molar-refractivity contribution in [1.29, 1.82) is 0 Å². The lowest BCUT2D eigenvalue weighted by Crippen LogP contribution is -2.29. The lowest BCUT2D eigenvalue weighted by atomic mass is 9.95. The standard InChI is InChI=1S/C32H30N2O5S/c1-3-4-18-38-25-13-9-22(10-14-25)28-27(30(36)31(37)34(28)32-33-17-19-40-32)29(35)23-11-15-26(16-12-23)39-20-24-8-6-5-7-21(24)2/h5-17,19,28,35H,3-4,18,20H2,1-2H3. The molecule has 1 aliphatic rings. The monoisotopic (exact) mass is 554 g/mol. The molecule has 7 nitrogen and oxygen atoms in total. The second-order valence-electron chi connectivity index (χ2n) is 9.49. The van der Waals surface area contributed by atoms with Crippen molar-refractivity contribution in [2.24, 2.45) is 0 Å². The lowest BCUT2D eigenvalue weighted by Gasteiger charge is -2.23. The number of thiazole rings is 1. The fourth-order valence-corrected chi connectivity index (χ4v) is 5.23. The SMILES string of the molecule is CCCCOc1ccc(C2C(=C(O)c3ccc(OCc4ccccc4C)cc3)C(=O)C(=O)N2c2nccs2)cc1. The van der Waals surface area contributed by atoms with Crippen molar-refractivity contribution in [3.8, 4) is 11.5 Å². The van der Waals surface area contributed by atoms with E-state index in [2.05, 4.69) is 11.9 Å². The number of carbonyl (C=O) groups excluding carboxylic acids is 2. The van der Waals surface area contributed by atoms with Crippen LogP contribution < -0.4 is 14.4 Å². The topological polar surface area (TPSA) is 89.0 Å². The van der Waals surface area contributed by atoms with E-state index in [0.29, 0.717) is 41.0 Å². The van der Waals surface area contributed by atoms with Crippen LogP contribution in [0.1, 0.15) is 48.1 Å². The zero-order valence-corrected chi connectivity index (χ0v) is 23.2. The summed E-state index contributed by atoms with van der Waals surface area (Å²) in [5, 5.41) is 13.5. The van der Waals surface area contributed by atoms with Gasteiger partial charge in [0.1, 0.15) is 23.9 Å². The molecule has 1 amide bonds. The van der Waals surface area contributed by atoms with E-state index in [1.54, 1.807) is 35.8 Å². The van der Waals surface area contributed by atoms with Crippen LogP contribution >= 0.6 is 11.3 Å². The van der Waals surface area contributed by atoms with Crippen LogP contribution in [-0.4, -0.2) is 28.4 Å². The van der Waals surface area contributed by atoms with Crippen molar-refractivity contribution in [3.63, 3.8) is 0 Å². The molecule has 0 bridgehead atoms. The molecule has 1 aliphatic heterocycles. The van der Waals surface area contributed by atoms with Gasteiger partial charge in [-0.05, 0) is 66.4 Å². The molecule has 204 valence electrons. The molecule has 2 heterocycles. The van der Waals surface area contributed by atoms with Crippen LogP contribution in [0.25, 0.3) is 5.76 Å². The number of unbranched alkanes of at least 4 members (excludes halogenated alkanes) is 1. The van der Waals surface area contributed by atoms with Crippen LogP contribution in [0.2, 0.25) is 0 Å². The van der Waals surface area contributed by atoms with Gasteiger partial charge in [-0.1, -0.05) is 49.7 Å². The maximum atomic E-state index is 13.3. The molecule has 1 unspecified atom stereocenters. The summed E-state index contributed by atoms with van der Waals surface area (Å²) in [5.74, 6) is -0.428. The van der Waals surface area contributed by atoms with Gasteiger partial charge in [0.25, 0.3) is 5.78 Å². The number of aliphatic hydroxyl groups is 1. The van der Waals surface area contributed by atoms with Gasteiger partial charge in [0.15, 0.2) is 5.13 Å². The number of hydrogen-bond donors (Lipinski definition) is 1. The molecule has 5 rings (SSSR count). The Kier molecular flexibility index (Phi) is 8.26. The summed E-state index contributed by atoms with van der Waals surface area (Å²) in [7, 11) is 0. The number of aromatic nitrogens is 1. The fourth-order valence-electron chi connectivity index (χ4n) is 4.56. The van der Waals surface area contributed by atoms with Gasteiger partial charge in [-0.25, -0.2) is 4.98 Å². The Hall–Kier alpha value is -4.43. The van der Waals surface area contributed by atoms with Crippen LogP contribution in [0, 0.1) is 6.92 Å². The van der Waals surface area contributed by atoms with Gasteiger partial charge in [0, 0.05) is 17.1 Å². The molecule has 1 aromatic heterocycles. The van der Waals surface area contributed by atoms with Crippen LogP contribution in [0.5, 0.6) is 11.5 Å². The predicted molar refractivity (Wildman–Crippen MR) is 156 cm³/mol. The second kappa shape index (κ2) is 12.2. The molecule has 3 aromatic carbocycles. The summed E-state index contributed by atoms with van der Waals surface area (Å²) < 4.78 is 11.7. The third-order valence-corrected chi connectivity index (χ3v) is 7.59. The van der Waals surface area contributed by atoms with E-state index >= 15 is 0 Å². The van der Waals surface area contributed by atoms with Crippen LogP contribution in [0.4, 0.5) is 5.13 Å². The smallest absolute Gasteiger partial charge is 0.301 e. The Bertz CT molecular complexity index is 1510. The fraction of sp³-hybridized carbons (Fsp3) is 0.219. The number of rotatable bonds is 10. The summed E-state index contributed by atoms with van der Waals surface area (Å²) in [6.07, 6.45) is 3.55. The highest BCUT2D eigenvalue weighted by molar-refractivity contribution is 7.14. The van der Waals surface area contributed by atoms with Crippen LogP contribution in [-0.2, 0) is 16.2 Å². The maximum absolute atomic E-state index is 13.3. The van der Waals surface area contributed by atoms with Gasteiger partial charge < -0.3 is 14.6 Å². The highest BCUT2D eigenvalue weighted by atomic mass is 32.1. The third-order valence-electron chi connectivity index (χ3n) is 6.82. The quantitative estimate of drug-likeness (QED) is 0.1000. The molecule has 1 N–H and O–H groups in total. The van der Waals surface area contributed by atoms with Gasteiger partial charge in [-0.15, -0.1) is 11.3 Å². The van der Waals surface area contributed by atoms with Crippen molar-refractivity contribution in [2.45, 2.75) is 39.3 Å². The molecule has 1 saturated heterocycles. The minimum atomic E-state index is -0.840. The molecular formula is C32H30N2O5S. The first-order valence-electron chi connectivity index (χ1n) is 13.2. The Morgan fingerprint density at radius 1 is 0.975 bits per heavy atom.